The fourth-order valence-electron chi connectivity index (χ4n) is 1.60. The van der Waals surface area contributed by atoms with Gasteiger partial charge in [-0.15, -0.1) is 0 Å². The maximum atomic E-state index is 13.6. The van der Waals surface area contributed by atoms with Gasteiger partial charge in [0.15, 0.2) is 11.6 Å². The summed E-state index contributed by atoms with van der Waals surface area (Å²) < 4.78 is 32.1. The van der Waals surface area contributed by atoms with E-state index in [-0.39, 0.29) is 17.4 Å². The number of nitrogen functional groups attached to an aromatic ring is 1. The molecular formula is C14H12ClF2NO. The van der Waals surface area contributed by atoms with Gasteiger partial charge in [-0.05, 0) is 24.6 Å². The van der Waals surface area contributed by atoms with Crippen LogP contribution in [0.4, 0.5) is 14.5 Å². The lowest BCUT2D eigenvalue weighted by molar-refractivity contribution is 0.290. The second-order valence-corrected chi connectivity index (χ2v) is 4.52. The molecule has 0 heterocycles. The van der Waals surface area contributed by atoms with Gasteiger partial charge >= 0.3 is 0 Å². The molecule has 0 fully saturated rings. The first-order chi connectivity index (χ1) is 8.99. The van der Waals surface area contributed by atoms with Crippen LogP contribution >= 0.6 is 11.6 Å². The highest BCUT2D eigenvalue weighted by Gasteiger charge is 2.10. The largest absolute Gasteiger partial charge is 0.486 e. The SMILES string of the molecule is Cc1cc(OCc2cccc(F)c2Cl)c(F)cc1N. The molecule has 2 aromatic carbocycles. The average molecular weight is 284 g/mol. The van der Waals surface area contributed by atoms with Crippen LogP contribution in [0, 0.1) is 18.6 Å². The Balaban J connectivity index is 2.19. The van der Waals surface area contributed by atoms with Crippen LogP contribution in [0.1, 0.15) is 11.1 Å². The van der Waals surface area contributed by atoms with Gasteiger partial charge in [-0.3, -0.25) is 0 Å². The van der Waals surface area contributed by atoms with Crippen molar-refractivity contribution >= 4 is 17.3 Å². The standard InChI is InChI=1S/C14H12ClF2NO/c1-8-5-13(11(17)6-12(8)18)19-7-9-3-2-4-10(16)14(9)15/h2-6H,7,18H2,1H3. The zero-order valence-electron chi connectivity index (χ0n) is 10.2. The number of benzene rings is 2. The number of hydrogen-bond donors (Lipinski definition) is 1. The lowest BCUT2D eigenvalue weighted by Crippen LogP contribution is -2.01. The molecule has 0 spiro atoms. The van der Waals surface area contributed by atoms with E-state index in [0.29, 0.717) is 16.8 Å². The third-order valence-electron chi connectivity index (χ3n) is 2.74. The van der Waals surface area contributed by atoms with Gasteiger partial charge in [0, 0.05) is 17.3 Å². The van der Waals surface area contributed by atoms with Crippen LogP contribution in [0.2, 0.25) is 5.02 Å². The molecule has 0 radical (unpaired) electrons. The minimum atomic E-state index is -0.560. The molecule has 5 heteroatoms. The molecule has 2 rings (SSSR count). The Morgan fingerprint density at radius 2 is 1.95 bits per heavy atom. The first-order valence-corrected chi connectivity index (χ1v) is 5.98. The summed E-state index contributed by atoms with van der Waals surface area (Å²) in [5, 5.41) is -0.0184. The molecule has 0 amide bonds. The Morgan fingerprint density at radius 1 is 1.21 bits per heavy atom. The van der Waals surface area contributed by atoms with Crippen molar-refractivity contribution in [1.82, 2.24) is 0 Å². The van der Waals surface area contributed by atoms with Crippen LogP contribution in [0.5, 0.6) is 5.75 Å². The normalized spacial score (nSPS) is 10.5. The maximum Gasteiger partial charge on any atom is 0.167 e. The number of hydrogen-bond acceptors (Lipinski definition) is 2. The molecule has 100 valence electrons. The predicted molar refractivity (Wildman–Crippen MR) is 71.3 cm³/mol. The molecule has 0 bridgehead atoms. The zero-order chi connectivity index (χ0) is 14.0. The molecule has 0 aliphatic carbocycles. The first kappa shape index (κ1) is 13.6. The smallest absolute Gasteiger partial charge is 0.167 e. The molecule has 0 aromatic heterocycles. The Morgan fingerprint density at radius 3 is 2.68 bits per heavy atom. The van der Waals surface area contributed by atoms with E-state index in [1.54, 1.807) is 13.0 Å². The Hall–Kier alpha value is -1.81. The third kappa shape index (κ3) is 2.96. The molecule has 0 aliphatic rings. The van der Waals surface area contributed by atoms with Crippen molar-refractivity contribution < 1.29 is 13.5 Å². The van der Waals surface area contributed by atoms with Gasteiger partial charge in [-0.2, -0.15) is 0 Å². The summed E-state index contributed by atoms with van der Waals surface area (Å²) in [5.74, 6) is -1.03. The van der Waals surface area contributed by atoms with Gasteiger partial charge in [0.1, 0.15) is 12.4 Å². The van der Waals surface area contributed by atoms with Crippen molar-refractivity contribution in [1.29, 1.82) is 0 Å². The maximum absolute atomic E-state index is 13.6. The van der Waals surface area contributed by atoms with Crippen LogP contribution in [0.3, 0.4) is 0 Å². The quantitative estimate of drug-likeness (QED) is 0.861. The summed E-state index contributed by atoms with van der Waals surface area (Å²) in [5.41, 5.74) is 7.09. The summed E-state index contributed by atoms with van der Waals surface area (Å²) >= 11 is 5.79. The Bertz CT molecular complexity index is 617. The second-order valence-electron chi connectivity index (χ2n) is 4.14. The molecule has 2 aromatic rings. The highest BCUT2D eigenvalue weighted by molar-refractivity contribution is 6.31. The molecule has 0 saturated carbocycles. The second kappa shape index (κ2) is 5.45. The molecular weight excluding hydrogens is 272 g/mol. The van der Waals surface area contributed by atoms with E-state index < -0.39 is 11.6 Å². The van der Waals surface area contributed by atoms with Gasteiger partial charge < -0.3 is 10.5 Å². The minimum Gasteiger partial charge on any atom is -0.486 e. The van der Waals surface area contributed by atoms with Gasteiger partial charge in [-0.25, -0.2) is 8.78 Å². The fourth-order valence-corrected chi connectivity index (χ4v) is 1.78. The predicted octanol–water partition coefficient (Wildman–Crippen LogP) is 4.09. The number of nitrogens with two attached hydrogens (primary N) is 1. The van der Waals surface area contributed by atoms with E-state index in [1.807, 2.05) is 0 Å². The first-order valence-electron chi connectivity index (χ1n) is 5.60. The number of anilines is 1. The molecule has 19 heavy (non-hydrogen) atoms. The lowest BCUT2D eigenvalue weighted by atomic mass is 10.2. The molecule has 0 atom stereocenters. The molecule has 2 N–H and O–H groups in total. The zero-order valence-corrected chi connectivity index (χ0v) is 11.0. The van der Waals surface area contributed by atoms with Crippen LogP contribution in [-0.4, -0.2) is 0 Å². The van der Waals surface area contributed by atoms with Crippen molar-refractivity contribution in [2.24, 2.45) is 0 Å². The lowest BCUT2D eigenvalue weighted by Gasteiger charge is -2.10. The number of halogens is 3. The molecule has 2 nitrogen and oxygen atoms in total. The van der Waals surface area contributed by atoms with E-state index in [1.165, 1.54) is 24.3 Å². The average Bonchev–Trinajstić information content (AvgIpc) is 2.37. The number of rotatable bonds is 3. The van der Waals surface area contributed by atoms with E-state index in [2.05, 4.69) is 0 Å². The summed E-state index contributed by atoms with van der Waals surface area (Å²) in [7, 11) is 0. The highest BCUT2D eigenvalue weighted by Crippen LogP contribution is 2.26. The fraction of sp³-hybridized carbons (Fsp3) is 0.143. The highest BCUT2D eigenvalue weighted by atomic mass is 35.5. The number of ether oxygens (including phenoxy) is 1. The monoisotopic (exact) mass is 283 g/mol. The van der Waals surface area contributed by atoms with E-state index in [4.69, 9.17) is 22.1 Å². The van der Waals surface area contributed by atoms with Crippen molar-refractivity contribution in [2.75, 3.05) is 5.73 Å². The van der Waals surface area contributed by atoms with Gasteiger partial charge in [-0.1, -0.05) is 23.7 Å². The van der Waals surface area contributed by atoms with Crippen LogP contribution in [-0.2, 0) is 6.61 Å². The number of aryl methyl sites for hydroxylation is 1. The Labute approximate surface area is 114 Å². The van der Waals surface area contributed by atoms with Gasteiger partial charge in [0.25, 0.3) is 0 Å². The van der Waals surface area contributed by atoms with Crippen molar-refractivity contribution in [3.63, 3.8) is 0 Å². The van der Waals surface area contributed by atoms with E-state index >= 15 is 0 Å². The van der Waals surface area contributed by atoms with Crippen molar-refractivity contribution in [2.45, 2.75) is 13.5 Å². The molecule has 0 unspecified atom stereocenters. The minimum absolute atomic E-state index is 0.0170. The van der Waals surface area contributed by atoms with E-state index in [0.717, 1.165) is 0 Å². The summed E-state index contributed by atoms with van der Waals surface area (Å²) in [4.78, 5) is 0. The van der Waals surface area contributed by atoms with Crippen LogP contribution < -0.4 is 10.5 Å². The van der Waals surface area contributed by atoms with E-state index in [9.17, 15) is 8.78 Å². The Kier molecular flexibility index (Phi) is 3.90. The van der Waals surface area contributed by atoms with Crippen molar-refractivity contribution in [3.05, 3.63) is 58.1 Å². The molecule has 0 saturated heterocycles. The van der Waals surface area contributed by atoms with Gasteiger partial charge in [0.05, 0.1) is 5.02 Å². The van der Waals surface area contributed by atoms with Crippen molar-refractivity contribution in [3.8, 4) is 5.75 Å². The third-order valence-corrected chi connectivity index (χ3v) is 3.16. The van der Waals surface area contributed by atoms with Crippen LogP contribution in [0.25, 0.3) is 0 Å². The summed E-state index contributed by atoms with van der Waals surface area (Å²) in [6, 6.07) is 7.08. The van der Waals surface area contributed by atoms with Crippen LogP contribution in [0.15, 0.2) is 30.3 Å². The topological polar surface area (TPSA) is 35.2 Å². The molecule has 0 aliphatic heterocycles. The summed E-state index contributed by atoms with van der Waals surface area (Å²) in [6.45, 7) is 1.73. The summed E-state index contributed by atoms with van der Waals surface area (Å²) in [6.07, 6.45) is 0. The van der Waals surface area contributed by atoms with Gasteiger partial charge in [0.2, 0.25) is 0 Å².